The number of ketones is 1. The van der Waals surface area contributed by atoms with Crippen LogP contribution in [-0.4, -0.2) is 18.9 Å². The van der Waals surface area contributed by atoms with Crippen LogP contribution in [0.1, 0.15) is 19.8 Å². The number of rotatable bonds is 2. The Morgan fingerprint density at radius 2 is 2.36 bits per heavy atom. The number of esters is 1. The van der Waals surface area contributed by atoms with Gasteiger partial charge in [-0.3, -0.25) is 9.59 Å². The second-order valence-electron chi connectivity index (χ2n) is 3.03. The molecule has 0 aromatic heterocycles. The van der Waals surface area contributed by atoms with Crippen molar-refractivity contribution in [1.29, 1.82) is 0 Å². The molecule has 0 N–H and O–H groups in total. The van der Waals surface area contributed by atoms with Crippen LogP contribution in [-0.2, 0) is 14.3 Å². The van der Waals surface area contributed by atoms with Gasteiger partial charge in [0.2, 0.25) is 0 Å². The fourth-order valence-electron chi connectivity index (χ4n) is 1.35. The van der Waals surface area contributed by atoms with Crippen LogP contribution in [0.25, 0.3) is 0 Å². The Kier molecular flexibility index (Phi) is 2.27. The molecule has 1 saturated carbocycles. The molecule has 2 atom stereocenters. The van der Waals surface area contributed by atoms with Crippen molar-refractivity contribution in [3.63, 3.8) is 0 Å². The van der Waals surface area contributed by atoms with Crippen LogP contribution >= 0.6 is 0 Å². The van der Waals surface area contributed by atoms with Gasteiger partial charge in [0.05, 0.1) is 13.5 Å². The summed E-state index contributed by atoms with van der Waals surface area (Å²) in [7, 11) is 1.34. The zero-order valence-electron chi connectivity index (χ0n) is 6.79. The summed E-state index contributed by atoms with van der Waals surface area (Å²) < 4.78 is 4.46. The molecule has 1 rings (SSSR count). The van der Waals surface area contributed by atoms with Gasteiger partial charge in [0.1, 0.15) is 5.78 Å². The molecule has 3 heteroatoms. The van der Waals surface area contributed by atoms with E-state index in [1.807, 2.05) is 6.92 Å². The number of hydrogen-bond donors (Lipinski definition) is 0. The van der Waals surface area contributed by atoms with Gasteiger partial charge in [-0.05, 0) is 5.92 Å². The summed E-state index contributed by atoms with van der Waals surface area (Å²) in [5, 5.41) is 0. The highest BCUT2D eigenvalue weighted by molar-refractivity contribution is 5.90. The molecule has 0 saturated heterocycles. The second kappa shape index (κ2) is 3.03. The van der Waals surface area contributed by atoms with E-state index < -0.39 is 0 Å². The Hall–Kier alpha value is -0.860. The van der Waals surface area contributed by atoms with E-state index in [-0.39, 0.29) is 24.1 Å². The minimum atomic E-state index is -0.283. The lowest BCUT2D eigenvalue weighted by Crippen LogP contribution is -2.36. The second-order valence-corrected chi connectivity index (χ2v) is 3.03. The lowest BCUT2D eigenvalue weighted by molar-refractivity contribution is -0.148. The van der Waals surface area contributed by atoms with E-state index in [0.29, 0.717) is 12.3 Å². The van der Waals surface area contributed by atoms with E-state index in [1.54, 1.807) is 0 Å². The summed E-state index contributed by atoms with van der Waals surface area (Å²) >= 11 is 0. The van der Waals surface area contributed by atoms with E-state index in [0.717, 1.165) is 0 Å². The molecule has 1 aliphatic rings. The molecular weight excluding hydrogens is 144 g/mol. The highest BCUT2D eigenvalue weighted by Gasteiger charge is 2.37. The van der Waals surface area contributed by atoms with Crippen molar-refractivity contribution in [1.82, 2.24) is 0 Å². The number of carbonyl (C=O) groups excluding carboxylic acids is 2. The zero-order chi connectivity index (χ0) is 8.43. The van der Waals surface area contributed by atoms with Crippen LogP contribution in [0.3, 0.4) is 0 Å². The predicted molar refractivity (Wildman–Crippen MR) is 38.9 cm³/mol. The predicted octanol–water partition coefficient (Wildman–Crippen LogP) is 0.775. The minimum Gasteiger partial charge on any atom is -0.469 e. The first-order valence-electron chi connectivity index (χ1n) is 3.74. The van der Waals surface area contributed by atoms with Crippen LogP contribution in [0.5, 0.6) is 0 Å². The topological polar surface area (TPSA) is 43.4 Å². The quantitative estimate of drug-likeness (QED) is 0.555. The molecule has 1 aliphatic carbocycles. The average Bonchev–Trinajstić information content (AvgIpc) is 2.00. The van der Waals surface area contributed by atoms with E-state index in [2.05, 4.69) is 4.74 Å². The third kappa shape index (κ3) is 1.59. The number of ether oxygens (including phenoxy) is 1. The lowest BCUT2D eigenvalue weighted by atomic mass is 9.72. The lowest BCUT2D eigenvalue weighted by Gasteiger charge is -2.30. The standard InChI is InChI=1S/C8H12O3/c1-5-3-7(9)6(5)4-8(10)11-2/h5-6H,3-4H2,1-2H3. The van der Waals surface area contributed by atoms with E-state index in [4.69, 9.17) is 0 Å². The maximum Gasteiger partial charge on any atom is 0.306 e. The SMILES string of the molecule is COC(=O)CC1C(=O)CC1C. The highest BCUT2D eigenvalue weighted by atomic mass is 16.5. The van der Waals surface area contributed by atoms with Gasteiger partial charge in [-0.25, -0.2) is 0 Å². The van der Waals surface area contributed by atoms with Crippen molar-refractivity contribution < 1.29 is 14.3 Å². The van der Waals surface area contributed by atoms with Gasteiger partial charge in [-0.15, -0.1) is 0 Å². The summed E-state index contributed by atoms with van der Waals surface area (Å²) in [6.45, 7) is 1.98. The molecular formula is C8H12O3. The molecule has 0 aromatic rings. The zero-order valence-corrected chi connectivity index (χ0v) is 6.79. The molecule has 0 spiro atoms. The maximum absolute atomic E-state index is 10.9. The van der Waals surface area contributed by atoms with Crippen LogP contribution in [0, 0.1) is 11.8 Å². The van der Waals surface area contributed by atoms with Crippen molar-refractivity contribution >= 4 is 11.8 Å². The minimum absolute atomic E-state index is 0.0672. The van der Waals surface area contributed by atoms with Crippen molar-refractivity contribution in [3.8, 4) is 0 Å². The van der Waals surface area contributed by atoms with E-state index in [9.17, 15) is 9.59 Å². The first-order valence-corrected chi connectivity index (χ1v) is 3.74. The number of carbonyl (C=O) groups is 2. The maximum atomic E-state index is 10.9. The van der Waals surface area contributed by atoms with E-state index in [1.165, 1.54) is 7.11 Å². The normalized spacial score (nSPS) is 29.5. The Morgan fingerprint density at radius 3 is 2.73 bits per heavy atom. The first-order chi connectivity index (χ1) is 5.15. The van der Waals surface area contributed by atoms with Gasteiger partial charge in [0.15, 0.2) is 0 Å². The largest absolute Gasteiger partial charge is 0.469 e. The van der Waals surface area contributed by atoms with Gasteiger partial charge in [0.25, 0.3) is 0 Å². The number of Topliss-reactive ketones (excluding diaryl/α,β-unsaturated/α-hetero) is 1. The number of hydrogen-bond acceptors (Lipinski definition) is 3. The average molecular weight is 156 g/mol. The smallest absolute Gasteiger partial charge is 0.306 e. The van der Waals surface area contributed by atoms with Crippen molar-refractivity contribution in [2.75, 3.05) is 7.11 Å². The Labute approximate surface area is 65.7 Å². The molecule has 1 fully saturated rings. The van der Waals surface area contributed by atoms with Gasteiger partial charge in [-0.1, -0.05) is 6.92 Å². The Morgan fingerprint density at radius 1 is 1.73 bits per heavy atom. The molecule has 11 heavy (non-hydrogen) atoms. The molecule has 0 radical (unpaired) electrons. The summed E-state index contributed by atoms with van der Waals surface area (Å²) in [6, 6.07) is 0. The third-order valence-electron chi connectivity index (χ3n) is 2.24. The number of methoxy groups -OCH3 is 1. The van der Waals surface area contributed by atoms with Crippen LogP contribution in [0.2, 0.25) is 0 Å². The molecule has 0 aliphatic heterocycles. The monoisotopic (exact) mass is 156 g/mol. The summed E-state index contributed by atoms with van der Waals surface area (Å²) in [4.78, 5) is 21.6. The van der Waals surface area contributed by atoms with E-state index >= 15 is 0 Å². The third-order valence-corrected chi connectivity index (χ3v) is 2.24. The van der Waals surface area contributed by atoms with Gasteiger partial charge in [0, 0.05) is 12.3 Å². The van der Waals surface area contributed by atoms with Gasteiger partial charge < -0.3 is 4.74 Å². The highest BCUT2D eigenvalue weighted by Crippen LogP contribution is 2.32. The van der Waals surface area contributed by atoms with Crippen molar-refractivity contribution in [2.24, 2.45) is 11.8 Å². The summed E-state index contributed by atoms with van der Waals surface area (Å²) in [5.41, 5.74) is 0. The Bertz CT molecular complexity index is 186. The first kappa shape index (κ1) is 8.24. The van der Waals surface area contributed by atoms with Crippen LogP contribution < -0.4 is 0 Å². The van der Waals surface area contributed by atoms with Crippen LogP contribution in [0.15, 0.2) is 0 Å². The fraction of sp³-hybridized carbons (Fsp3) is 0.750. The van der Waals surface area contributed by atoms with Crippen molar-refractivity contribution in [2.45, 2.75) is 19.8 Å². The molecule has 62 valence electrons. The molecule has 2 unspecified atom stereocenters. The summed E-state index contributed by atoms with van der Waals surface area (Å²) in [5.74, 6) is 0.210. The van der Waals surface area contributed by atoms with Crippen LogP contribution in [0.4, 0.5) is 0 Å². The van der Waals surface area contributed by atoms with Crippen molar-refractivity contribution in [3.05, 3.63) is 0 Å². The molecule has 0 bridgehead atoms. The summed E-state index contributed by atoms with van der Waals surface area (Å²) in [6.07, 6.45) is 0.887. The fourth-order valence-corrected chi connectivity index (χ4v) is 1.35. The molecule has 3 nitrogen and oxygen atoms in total. The Balaban J connectivity index is 2.37. The molecule has 0 heterocycles. The van der Waals surface area contributed by atoms with Gasteiger partial charge >= 0.3 is 5.97 Å². The van der Waals surface area contributed by atoms with Gasteiger partial charge in [-0.2, -0.15) is 0 Å². The molecule has 0 aromatic carbocycles. The molecule has 0 amide bonds.